The van der Waals surface area contributed by atoms with Crippen LogP contribution in [0.1, 0.15) is 13.2 Å². The fourth-order valence-electron chi connectivity index (χ4n) is 2.22. The first kappa shape index (κ1) is 12.8. The number of nitrogens with zero attached hydrogens (tertiary/aromatic N) is 2. The van der Waals surface area contributed by atoms with Crippen LogP contribution in [0, 0.1) is 0 Å². The Morgan fingerprint density at radius 2 is 1.85 bits per heavy atom. The van der Waals surface area contributed by atoms with Gasteiger partial charge in [0.25, 0.3) is 0 Å². The van der Waals surface area contributed by atoms with E-state index in [0.29, 0.717) is 16.7 Å². The van der Waals surface area contributed by atoms with Gasteiger partial charge in [0.05, 0.1) is 16.1 Å². The first-order chi connectivity index (χ1) is 9.66. The molecule has 1 atom stereocenters. The Bertz CT molecular complexity index is 754. The highest BCUT2D eigenvalue weighted by Gasteiger charge is 2.15. The van der Waals surface area contributed by atoms with Gasteiger partial charge in [0.15, 0.2) is 6.23 Å². The molecule has 20 heavy (non-hydrogen) atoms. The van der Waals surface area contributed by atoms with Crippen LogP contribution >= 0.6 is 11.6 Å². The van der Waals surface area contributed by atoms with Crippen molar-refractivity contribution in [3.63, 3.8) is 0 Å². The number of benzene rings is 2. The molecule has 0 aliphatic heterocycles. The van der Waals surface area contributed by atoms with E-state index in [2.05, 4.69) is 4.98 Å². The molecule has 0 saturated carbocycles. The summed E-state index contributed by atoms with van der Waals surface area (Å²) < 4.78 is 7.74. The van der Waals surface area contributed by atoms with Gasteiger partial charge in [-0.25, -0.2) is 4.98 Å². The Morgan fingerprint density at radius 3 is 2.65 bits per heavy atom. The number of para-hydroxylation sites is 3. The van der Waals surface area contributed by atoms with Crippen LogP contribution in [0.15, 0.2) is 48.5 Å². The zero-order chi connectivity index (χ0) is 14.1. The molecule has 0 spiro atoms. The lowest BCUT2D eigenvalue weighted by atomic mass is 10.3. The predicted octanol–water partition coefficient (Wildman–Crippen LogP) is 3.87. The van der Waals surface area contributed by atoms with Crippen LogP contribution < -0.4 is 10.5 Å². The number of hydrogen-bond donors (Lipinski definition) is 1. The van der Waals surface area contributed by atoms with Crippen LogP contribution in [-0.4, -0.2) is 9.55 Å². The Hall–Kier alpha value is -2.20. The molecule has 1 aromatic heterocycles. The molecule has 2 N–H and O–H groups in total. The molecule has 2 aromatic carbocycles. The minimum Gasteiger partial charge on any atom is -0.469 e. The van der Waals surface area contributed by atoms with Gasteiger partial charge in [-0.15, -0.1) is 0 Å². The van der Waals surface area contributed by atoms with Gasteiger partial charge in [0.1, 0.15) is 5.75 Å². The standard InChI is InChI=1S/C15H14ClN3O/c1-10(20-14-9-5-2-6-11(14)16)19-13-8-4-3-7-12(13)18-15(19)17/h2-10H,1H3,(H2,17,18). The van der Waals surface area contributed by atoms with Gasteiger partial charge in [-0.05, 0) is 31.2 Å². The van der Waals surface area contributed by atoms with Crippen LogP contribution in [-0.2, 0) is 0 Å². The van der Waals surface area contributed by atoms with E-state index >= 15 is 0 Å². The van der Waals surface area contributed by atoms with Crippen molar-refractivity contribution >= 4 is 28.6 Å². The second kappa shape index (κ2) is 5.06. The number of rotatable bonds is 3. The predicted molar refractivity (Wildman–Crippen MR) is 80.9 cm³/mol. The van der Waals surface area contributed by atoms with Crippen molar-refractivity contribution in [3.05, 3.63) is 53.6 Å². The number of ether oxygens (including phenoxy) is 1. The topological polar surface area (TPSA) is 53.1 Å². The SMILES string of the molecule is CC(Oc1ccccc1Cl)n1c(N)nc2ccccc21. The molecule has 0 saturated heterocycles. The number of aromatic nitrogens is 2. The van der Waals surface area contributed by atoms with Crippen LogP contribution in [0.2, 0.25) is 5.02 Å². The van der Waals surface area contributed by atoms with Gasteiger partial charge in [-0.3, -0.25) is 4.57 Å². The van der Waals surface area contributed by atoms with E-state index in [1.54, 1.807) is 6.07 Å². The van der Waals surface area contributed by atoms with E-state index in [9.17, 15) is 0 Å². The number of halogens is 1. The first-order valence-electron chi connectivity index (χ1n) is 6.30. The Kier molecular flexibility index (Phi) is 3.24. The van der Waals surface area contributed by atoms with Gasteiger partial charge in [0.2, 0.25) is 5.95 Å². The molecular weight excluding hydrogens is 274 g/mol. The second-order valence-electron chi connectivity index (χ2n) is 4.48. The van der Waals surface area contributed by atoms with Crippen molar-refractivity contribution in [2.24, 2.45) is 0 Å². The Labute approximate surface area is 121 Å². The maximum absolute atomic E-state index is 6.11. The van der Waals surface area contributed by atoms with E-state index in [1.165, 1.54) is 0 Å². The molecule has 1 heterocycles. The third-order valence-electron chi connectivity index (χ3n) is 3.12. The lowest BCUT2D eigenvalue weighted by Gasteiger charge is -2.18. The van der Waals surface area contributed by atoms with Crippen LogP contribution in [0.4, 0.5) is 5.95 Å². The third-order valence-corrected chi connectivity index (χ3v) is 3.43. The molecule has 0 aliphatic rings. The highest BCUT2D eigenvalue weighted by atomic mass is 35.5. The lowest BCUT2D eigenvalue weighted by Crippen LogP contribution is -2.14. The summed E-state index contributed by atoms with van der Waals surface area (Å²) in [6.45, 7) is 1.91. The van der Waals surface area contributed by atoms with E-state index in [1.807, 2.05) is 54.0 Å². The summed E-state index contributed by atoms with van der Waals surface area (Å²) in [5, 5.41) is 0.572. The Morgan fingerprint density at radius 1 is 1.15 bits per heavy atom. The number of imidazole rings is 1. The molecule has 1 unspecified atom stereocenters. The number of nitrogen functional groups attached to an aromatic ring is 1. The molecule has 0 radical (unpaired) electrons. The van der Waals surface area contributed by atoms with E-state index in [0.717, 1.165) is 11.0 Å². The smallest absolute Gasteiger partial charge is 0.204 e. The summed E-state index contributed by atoms with van der Waals surface area (Å²) in [6, 6.07) is 15.1. The lowest BCUT2D eigenvalue weighted by molar-refractivity contribution is 0.159. The van der Waals surface area contributed by atoms with Crippen LogP contribution in [0.3, 0.4) is 0 Å². The van der Waals surface area contributed by atoms with Crippen molar-refractivity contribution in [2.75, 3.05) is 5.73 Å². The van der Waals surface area contributed by atoms with Crippen molar-refractivity contribution in [3.8, 4) is 5.75 Å². The van der Waals surface area contributed by atoms with Crippen LogP contribution in [0.25, 0.3) is 11.0 Å². The molecule has 0 amide bonds. The maximum atomic E-state index is 6.11. The third kappa shape index (κ3) is 2.18. The van der Waals surface area contributed by atoms with Crippen molar-refractivity contribution in [1.82, 2.24) is 9.55 Å². The van der Waals surface area contributed by atoms with Gasteiger partial charge >= 0.3 is 0 Å². The zero-order valence-electron chi connectivity index (χ0n) is 11.0. The zero-order valence-corrected chi connectivity index (χ0v) is 11.7. The number of nitrogens with two attached hydrogens (primary N) is 1. The molecule has 3 aromatic rings. The van der Waals surface area contributed by atoms with Gasteiger partial charge < -0.3 is 10.5 Å². The summed E-state index contributed by atoms with van der Waals surface area (Å²) in [7, 11) is 0. The summed E-state index contributed by atoms with van der Waals surface area (Å²) in [4.78, 5) is 4.33. The van der Waals surface area contributed by atoms with Crippen molar-refractivity contribution in [2.45, 2.75) is 13.2 Å². The van der Waals surface area contributed by atoms with E-state index in [4.69, 9.17) is 22.1 Å². The monoisotopic (exact) mass is 287 g/mol. The summed E-state index contributed by atoms with van der Waals surface area (Å²) in [6.07, 6.45) is -0.303. The molecule has 5 heteroatoms. The van der Waals surface area contributed by atoms with Gasteiger partial charge in [-0.1, -0.05) is 35.9 Å². The van der Waals surface area contributed by atoms with E-state index in [-0.39, 0.29) is 6.23 Å². The maximum Gasteiger partial charge on any atom is 0.204 e. The van der Waals surface area contributed by atoms with Crippen molar-refractivity contribution in [1.29, 1.82) is 0 Å². The van der Waals surface area contributed by atoms with Crippen molar-refractivity contribution < 1.29 is 4.74 Å². The Balaban J connectivity index is 1.99. The van der Waals surface area contributed by atoms with Gasteiger partial charge in [0, 0.05) is 0 Å². The molecule has 4 nitrogen and oxygen atoms in total. The molecule has 0 bridgehead atoms. The molecule has 102 valence electrons. The molecule has 0 aliphatic carbocycles. The normalized spacial score (nSPS) is 12.5. The fourth-order valence-corrected chi connectivity index (χ4v) is 2.40. The number of hydrogen-bond acceptors (Lipinski definition) is 3. The molecular formula is C15H14ClN3O. The average Bonchev–Trinajstić information content (AvgIpc) is 2.77. The highest BCUT2D eigenvalue weighted by Crippen LogP contribution is 2.29. The summed E-state index contributed by atoms with van der Waals surface area (Å²) >= 11 is 6.11. The first-order valence-corrected chi connectivity index (χ1v) is 6.68. The van der Waals surface area contributed by atoms with Crippen LogP contribution in [0.5, 0.6) is 5.75 Å². The molecule has 0 fully saturated rings. The highest BCUT2D eigenvalue weighted by molar-refractivity contribution is 6.32. The van der Waals surface area contributed by atoms with Gasteiger partial charge in [-0.2, -0.15) is 0 Å². The second-order valence-corrected chi connectivity index (χ2v) is 4.88. The average molecular weight is 288 g/mol. The quantitative estimate of drug-likeness (QED) is 0.795. The largest absolute Gasteiger partial charge is 0.469 e. The molecule has 3 rings (SSSR count). The number of fused-ring (bicyclic) bond motifs is 1. The minimum atomic E-state index is -0.303. The van der Waals surface area contributed by atoms with E-state index < -0.39 is 0 Å². The minimum absolute atomic E-state index is 0.303. The summed E-state index contributed by atoms with van der Waals surface area (Å²) in [5.74, 6) is 1.05. The number of anilines is 1. The summed E-state index contributed by atoms with van der Waals surface area (Å²) in [5.41, 5.74) is 7.77. The fraction of sp³-hybridized carbons (Fsp3) is 0.133.